The van der Waals surface area contributed by atoms with E-state index >= 15 is 0 Å². The summed E-state index contributed by atoms with van der Waals surface area (Å²) >= 11 is 1.38. The van der Waals surface area contributed by atoms with Gasteiger partial charge in [0.1, 0.15) is 10.6 Å². The molecule has 0 bridgehead atoms. The van der Waals surface area contributed by atoms with Gasteiger partial charge < -0.3 is 9.47 Å². The summed E-state index contributed by atoms with van der Waals surface area (Å²) in [5.74, 6) is 0.330. The van der Waals surface area contributed by atoms with Gasteiger partial charge in [0.05, 0.1) is 19.3 Å². The number of esters is 1. The molecule has 0 fully saturated rings. The number of rotatable bonds is 6. The van der Waals surface area contributed by atoms with Crippen molar-refractivity contribution in [3.8, 4) is 16.9 Å². The van der Waals surface area contributed by atoms with Crippen LogP contribution in [-0.2, 0) is 16.3 Å². The zero-order valence-electron chi connectivity index (χ0n) is 18.6. The third-order valence-electron chi connectivity index (χ3n) is 5.27. The van der Waals surface area contributed by atoms with Crippen LogP contribution in [0.25, 0.3) is 11.1 Å². The number of benzene rings is 2. The van der Waals surface area contributed by atoms with Crippen molar-refractivity contribution in [2.45, 2.75) is 39.3 Å². The first-order valence-corrected chi connectivity index (χ1v) is 10.8. The fraction of sp³-hybridized carbons (Fsp3) is 0.320. The van der Waals surface area contributed by atoms with E-state index in [-0.39, 0.29) is 11.4 Å². The molecule has 3 rings (SSSR count). The van der Waals surface area contributed by atoms with Gasteiger partial charge in [-0.15, -0.1) is 11.3 Å². The van der Waals surface area contributed by atoms with Crippen molar-refractivity contribution in [1.29, 1.82) is 0 Å². The summed E-state index contributed by atoms with van der Waals surface area (Å²) in [7, 11) is 1.36. The molecule has 0 aliphatic carbocycles. The number of carbonyl (C=O) groups is 1. The second-order valence-corrected chi connectivity index (χ2v) is 9.42. The molecule has 0 aliphatic heterocycles. The molecule has 7 heteroatoms. The molecule has 0 saturated carbocycles. The Morgan fingerprint density at radius 2 is 1.56 bits per heavy atom. The van der Waals surface area contributed by atoms with Crippen molar-refractivity contribution in [1.82, 2.24) is 0 Å². The predicted molar refractivity (Wildman–Crippen MR) is 121 cm³/mol. The number of ether oxygens (including phenoxy) is 2. The Hall–Kier alpha value is -2.80. The summed E-state index contributed by atoms with van der Waals surface area (Å²) < 4.78 is 49.4. The van der Waals surface area contributed by atoms with Crippen LogP contribution in [0.4, 0.5) is 13.2 Å². The topological polar surface area (TPSA) is 35.5 Å². The molecule has 3 nitrogen and oxygen atoms in total. The molecule has 1 heterocycles. The monoisotopic (exact) mass is 462 g/mol. The van der Waals surface area contributed by atoms with Gasteiger partial charge >= 0.3 is 12.1 Å². The first-order chi connectivity index (χ1) is 14.9. The molecule has 0 aliphatic rings. The van der Waals surface area contributed by atoms with E-state index in [1.54, 1.807) is 6.07 Å². The Balaban J connectivity index is 1.78. The van der Waals surface area contributed by atoms with E-state index in [9.17, 15) is 18.0 Å². The van der Waals surface area contributed by atoms with E-state index in [1.807, 2.05) is 45.9 Å². The van der Waals surface area contributed by atoms with Crippen LogP contribution in [0.3, 0.4) is 0 Å². The first-order valence-electron chi connectivity index (χ1n) is 10.0. The minimum atomic E-state index is -4.35. The molecule has 0 atom stereocenters. The molecule has 0 amide bonds. The molecule has 2 aromatic carbocycles. The molecule has 0 unspecified atom stereocenters. The van der Waals surface area contributed by atoms with E-state index in [4.69, 9.17) is 9.47 Å². The summed E-state index contributed by atoms with van der Waals surface area (Å²) in [5, 5.41) is 0. The molecule has 0 spiro atoms. The zero-order valence-corrected chi connectivity index (χ0v) is 19.4. The summed E-state index contributed by atoms with van der Waals surface area (Å²) in [6, 6.07) is 12.6. The van der Waals surface area contributed by atoms with Gasteiger partial charge in [0.15, 0.2) is 0 Å². The summed E-state index contributed by atoms with van der Waals surface area (Å²) in [6.07, 6.45) is -4.35. The van der Waals surface area contributed by atoms with Crippen molar-refractivity contribution in [3.05, 3.63) is 75.0 Å². The molecule has 170 valence electrons. The standard InChI is InChI=1S/C25H25F3O3S/c1-15-12-19(31-14-24(3,4)21-11-10-20(32-21)23(29)30-5)13-16(2)22(15)17-6-8-18(9-7-17)25(26,27)28/h6-13H,14H2,1-5H3. The van der Waals surface area contributed by atoms with Gasteiger partial charge in [0.25, 0.3) is 0 Å². The number of halogens is 3. The van der Waals surface area contributed by atoms with Crippen molar-refractivity contribution < 1.29 is 27.4 Å². The van der Waals surface area contributed by atoms with Gasteiger partial charge in [-0.2, -0.15) is 13.2 Å². The van der Waals surface area contributed by atoms with E-state index < -0.39 is 11.7 Å². The molecule has 1 aromatic heterocycles. The lowest BCUT2D eigenvalue weighted by Crippen LogP contribution is -2.25. The second kappa shape index (κ2) is 8.98. The van der Waals surface area contributed by atoms with Crippen LogP contribution >= 0.6 is 11.3 Å². The molecule has 32 heavy (non-hydrogen) atoms. The SMILES string of the molecule is COC(=O)c1ccc(C(C)(C)COc2cc(C)c(-c3ccc(C(F)(F)F)cc3)c(C)c2)s1. The smallest absolute Gasteiger partial charge is 0.416 e. The number of hydrogen-bond acceptors (Lipinski definition) is 4. The van der Waals surface area contributed by atoms with Crippen LogP contribution in [0.1, 0.15) is 45.1 Å². The Kier molecular flexibility index (Phi) is 6.69. The molecule has 0 saturated heterocycles. The second-order valence-electron chi connectivity index (χ2n) is 8.34. The highest BCUT2D eigenvalue weighted by atomic mass is 32.1. The summed E-state index contributed by atoms with van der Waals surface area (Å²) in [4.78, 5) is 13.3. The predicted octanol–water partition coefficient (Wildman–Crippen LogP) is 7.19. The van der Waals surface area contributed by atoms with Crippen molar-refractivity contribution in [2.75, 3.05) is 13.7 Å². The largest absolute Gasteiger partial charge is 0.493 e. The number of alkyl halides is 3. The number of thiophene rings is 1. The Morgan fingerprint density at radius 3 is 2.09 bits per heavy atom. The molecular formula is C25H25F3O3S. The number of carbonyl (C=O) groups excluding carboxylic acids is 1. The maximum atomic E-state index is 12.9. The highest BCUT2D eigenvalue weighted by Crippen LogP contribution is 2.36. The normalized spacial score (nSPS) is 12.0. The summed E-state index contributed by atoms with van der Waals surface area (Å²) in [5.41, 5.74) is 2.47. The maximum absolute atomic E-state index is 12.9. The Bertz CT molecular complexity index is 1090. The van der Waals surface area contributed by atoms with Gasteiger partial charge in [-0.1, -0.05) is 26.0 Å². The van der Waals surface area contributed by atoms with Gasteiger partial charge in [0, 0.05) is 10.3 Å². The summed E-state index contributed by atoms with van der Waals surface area (Å²) in [6.45, 7) is 8.30. The lowest BCUT2D eigenvalue weighted by atomic mass is 9.92. The Morgan fingerprint density at radius 1 is 0.969 bits per heavy atom. The van der Waals surface area contributed by atoms with Crippen molar-refractivity contribution in [3.63, 3.8) is 0 Å². The van der Waals surface area contributed by atoms with Gasteiger partial charge in [-0.05, 0) is 72.5 Å². The van der Waals surface area contributed by atoms with Gasteiger partial charge in [0.2, 0.25) is 0 Å². The zero-order chi connectivity index (χ0) is 23.7. The fourth-order valence-corrected chi connectivity index (χ4v) is 4.55. The average Bonchev–Trinajstić information content (AvgIpc) is 3.22. The van der Waals surface area contributed by atoms with Crippen molar-refractivity contribution >= 4 is 17.3 Å². The minimum Gasteiger partial charge on any atom is -0.493 e. The lowest BCUT2D eigenvalue weighted by Gasteiger charge is -2.24. The van der Waals surface area contributed by atoms with Gasteiger partial charge in [-0.25, -0.2) is 4.79 Å². The van der Waals surface area contributed by atoms with E-state index in [1.165, 1.54) is 30.6 Å². The highest BCUT2D eigenvalue weighted by Gasteiger charge is 2.30. The molecule has 0 N–H and O–H groups in total. The molecule has 3 aromatic rings. The number of aryl methyl sites for hydroxylation is 2. The quantitative estimate of drug-likeness (QED) is 0.364. The van der Waals surface area contributed by atoms with Crippen LogP contribution in [0.15, 0.2) is 48.5 Å². The Labute approximate surface area is 189 Å². The third kappa shape index (κ3) is 5.15. The minimum absolute atomic E-state index is 0.329. The van der Waals surface area contributed by atoms with E-state index in [0.29, 0.717) is 17.2 Å². The average molecular weight is 463 g/mol. The molecular weight excluding hydrogens is 437 g/mol. The van der Waals surface area contributed by atoms with E-state index in [2.05, 4.69) is 0 Å². The van der Waals surface area contributed by atoms with Crippen molar-refractivity contribution in [2.24, 2.45) is 0 Å². The highest BCUT2D eigenvalue weighted by molar-refractivity contribution is 7.14. The van der Waals surface area contributed by atoms with Crippen LogP contribution < -0.4 is 4.74 Å². The number of hydrogen-bond donors (Lipinski definition) is 0. The fourth-order valence-electron chi connectivity index (χ4n) is 3.54. The first kappa shape index (κ1) is 23.9. The van der Waals surface area contributed by atoms with Crippen LogP contribution in [0, 0.1) is 13.8 Å². The van der Waals surface area contributed by atoms with Gasteiger partial charge in [-0.3, -0.25) is 0 Å². The lowest BCUT2D eigenvalue weighted by molar-refractivity contribution is -0.137. The molecule has 0 radical (unpaired) electrons. The third-order valence-corrected chi connectivity index (χ3v) is 6.70. The van der Waals surface area contributed by atoms with E-state index in [0.717, 1.165) is 39.3 Å². The van der Waals surface area contributed by atoms with Crippen LogP contribution in [0.5, 0.6) is 5.75 Å². The number of methoxy groups -OCH3 is 1. The van der Waals surface area contributed by atoms with Crippen LogP contribution in [0.2, 0.25) is 0 Å². The van der Waals surface area contributed by atoms with Crippen LogP contribution in [-0.4, -0.2) is 19.7 Å². The maximum Gasteiger partial charge on any atom is 0.416 e.